The fourth-order valence-corrected chi connectivity index (χ4v) is 4.49. The molecule has 5 rings (SSSR count). The lowest BCUT2D eigenvalue weighted by atomic mass is 9.75. The number of hydrogen-bond donors (Lipinski definition) is 2. The lowest BCUT2D eigenvalue weighted by Crippen LogP contribution is -2.61. The summed E-state index contributed by atoms with van der Waals surface area (Å²) >= 11 is 0. The van der Waals surface area contributed by atoms with E-state index < -0.39 is 0 Å². The summed E-state index contributed by atoms with van der Waals surface area (Å²) in [6.07, 6.45) is 0.864. The molecule has 0 radical (unpaired) electrons. The SMILES string of the molecule is CC(C)Cc1cc(OCCN2CC3(CNc4nnc(-c5ccccc5O)cc43)C2)no1. The van der Waals surface area contributed by atoms with Crippen molar-refractivity contribution >= 4 is 5.82 Å². The van der Waals surface area contributed by atoms with Gasteiger partial charge in [-0.25, -0.2) is 0 Å². The van der Waals surface area contributed by atoms with Gasteiger partial charge in [0.25, 0.3) is 5.88 Å². The first-order valence-electron chi connectivity index (χ1n) is 10.7. The number of ether oxygens (including phenoxy) is 1. The number of phenolic OH excluding ortho intramolecular Hbond substituents is 1. The number of rotatable bonds is 7. The van der Waals surface area contributed by atoms with E-state index in [9.17, 15) is 5.11 Å². The van der Waals surface area contributed by atoms with Gasteiger partial charge in [0.05, 0.1) is 5.69 Å². The Morgan fingerprint density at radius 3 is 2.87 bits per heavy atom. The maximum atomic E-state index is 10.2. The third-order valence-corrected chi connectivity index (χ3v) is 6.00. The number of benzene rings is 1. The molecule has 4 heterocycles. The lowest BCUT2D eigenvalue weighted by Gasteiger charge is -2.47. The second kappa shape index (κ2) is 7.85. The molecule has 8 nitrogen and oxygen atoms in total. The molecule has 2 aromatic heterocycles. The molecule has 0 unspecified atom stereocenters. The van der Waals surface area contributed by atoms with E-state index in [1.54, 1.807) is 12.1 Å². The normalized spacial score (nSPS) is 16.9. The van der Waals surface area contributed by atoms with Gasteiger partial charge in [-0.15, -0.1) is 10.2 Å². The van der Waals surface area contributed by atoms with Crippen molar-refractivity contribution in [3.05, 3.63) is 47.7 Å². The maximum absolute atomic E-state index is 10.2. The fraction of sp³-hybridized carbons (Fsp3) is 0.435. The van der Waals surface area contributed by atoms with Crippen LogP contribution in [0.3, 0.4) is 0 Å². The average Bonchev–Trinajstić information content (AvgIpc) is 3.32. The van der Waals surface area contributed by atoms with Gasteiger partial charge in [0.2, 0.25) is 0 Å². The van der Waals surface area contributed by atoms with Crippen LogP contribution in [0, 0.1) is 5.92 Å². The summed E-state index contributed by atoms with van der Waals surface area (Å²) in [6, 6.07) is 11.2. The van der Waals surface area contributed by atoms with Crippen molar-refractivity contribution in [2.75, 3.05) is 38.1 Å². The molecule has 8 heteroatoms. The largest absolute Gasteiger partial charge is 0.507 e. The minimum atomic E-state index is 0.0305. The van der Waals surface area contributed by atoms with Crippen LogP contribution < -0.4 is 10.1 Å². The molecule has 1 saturated heterocycles. The molecule has 31 heavy (non-hydrogen) atoms. The standard InChI is InChI=1S/C23H27N5O3/c1-15(2)9-16-10-21(27-31-16)30-8-7-28-13-23(14-28)12-24-22-18(23)11-19(25-26-22)17-5-3-4-6-20(17)29/h3-6,10-11,15,29H,7-9,12-14H2,1-2H3,(H,24,26). The first kappa shape index (κ1) is 19.8. The zero-order valence-electron chi connectivity index (χ0n) is 17.8. The van der Waals surface area contributed by atoms with Crippen molar-refractivity contribution in [1.29, 1.82) is 0 Å². The highest BCUT2D eigenvalue weighted by molar-refractivity contribution is 5.70. The summed E-state index contributed by atoms with van der Waals surface area (Å²) in [5.41, 5.74) is 2.61. The summed E-state index contributed by atoms with van der Waals surface area (Å²) in [6.45, 7) is 8.40. The lowest BCUT2D eigenvalue weighted by molar-refractivity contribution is 0.0626. The number of hydrogen-bond acceptors (Lipinski definition) is 8. The zero-order valence-corrected chi connectivity index (χ0v) is 17.8. The first-order valence-corrected chi connectivity index (χ1v) is 10.7. The number of aromatic hydroxyl groups is 1. The van der Waals surface area contributed by atoms with Crippen LogP contribution in [0.1, 0.15) is 25.2 Å². The highest BCUT2D eigenvalue weighted by Crippen LogP contribution is 2.43. The Hall–Kier alpha value is -3.13. The number of nitrogens with one attached hydrogen (secondary N) is 1. The van der Waals surface area contributed by atoms with Gasteiger partial charge in [-0.1, -0.05) is 26.0 Å². The predicted molar refractivity (Wildman–Crippen MR) is 116 cm³/mol. The van der Waals surface area contributed by atoms with E-state index in [2.05, 4.69) is 45.5 Å². The molecular formula is C23H27N5O3. The van der Waals surface area contributed by atoms with Gasteiger partial charge in [-0.3, -0.25) is 4.90 Å². The Bertz CT molecular complexity index is 1070. The number of aromatic nitrogens is 3. The van der Waals surface area contributed by atoms with Crippen LogP contribution in [0.2, 0.25) is 0 Å². The molecule has 0 bridgehead atoms. The van der Waals surface area contributed by atoms with Crippen LogP contribution in [0.15, 0.2) is 40.9 Å². The minimum absolute atomic E-state index is 0.0305. The van der Waals surface area contributed by atoms with E-state index in [1.165, 1.54) is 5.56 Å². The van der Waals surface area contributed by atoms with Crippen LogP contribution >= 0.6 is 0 Å². The molecule has 0 aliphatic carbocycles. The summed E-state index contributed by atoms with van der Waals surface area (Å²) < 4.78 is 11.1. The summed E-state index contributed by atoms with van der Waals surface area (Å²) in [5, 5.41) is 26.2. The predicted octanol–water partition coefficient (Wildman–Crippen LogP) is 3.09. The fourth-order valence-electron chi connectivity index (χ4n) is 4.49. The molecular weight excluding hydrogens is 394 g/mol. The van der Waals surface area contributed by atoms with E-state index in [0.717, 1.165) is 44.2 Å². The second-order valence-corrected chi connectivity index (χ2v) is 8.93. The van der Waals surface area contributed by atoms with Crippen molar-refractivity contribution in [1.82, 2.24) is 20.3 Å². The summed E-state index contributed by atoms with van der Waals surface area (Å²) in [5.74, 6) is 3.00. The highest BCUT2D eigenvalue weighted by Gasteiger charge is 2.49. The number of nitrogens with zero attached hydrogens (tertiary/aromatic N) is 4. The van der Waals surface area contributed by atoms with Crippen molar-refractivity contribution in [2.24, 2.45) is 5.92 Å². The number of phenols is 1. The maximum Gasteiger partial charge on any atom is 0.254 e. The third kappa shape index (κ3) is 3.83. The monoisotopic (exact) mass is 421 g/mol. The molecule has 2 aliphatic heterocycles. The third-order valence-electron chi connectivity index (χ3n) is 6.00. The minimum Gasteiger partial charge on any atom is -0.507 e. The van der Waals surface area contributed by atoms with Crippen molar-refractivity contribution in [2.45, 2.75) is 25.7 Å². The Morgan fingerprint density at radius 1 is 1.23 bits per heavy atom. The number of fused-ring (bicyclic) bond motifs is 2. The molecule has 3 aromatic rings. The first-order chi connectivity index (χ1) is 15.0. The van der Waals surface area contributed by atoms with Gasteiger partial charge in [-0.2, -0.15) is 0 Å². The van der Waals surface area contributed by atoms with Gasteiger partial charge in [0.15, 0.2) is 5.82 Å². The van der Waals surface area contributed by atoms with Crippen LogP contribution in [0.5, 0.6) is 11.6 Å². The van der Waals surface area contributed by atoms with E-state index in [1.807, 2.05) is 18.2 Å². The molecule has 0 amide bonds. The van der Waals surface area contributed by atoms with Crippen molar-refractivity contribution in [3.8, 4) is 22.9 Å². The topological polar surface area (TPSA) is 96.5 Å². The number of anilines is 1. The van der Waals surface area contributed by atoms with Crippen LogP contribution in [-0.2, 0) is 11.8 Å². The molecule has 1 fully saturated rings. The molecule has 1 spiro atoms. The van der Waals surface area contributed by atoms with E-state index in [4.69, 9.17) is 9.26 Å². The molecule has 2 aliphatic rings. The Kier molecular flexibility index (Phi) is 5.02. The number of para-hydroxylation sites is 1. The Labute approximate surface area is 181 Å². The highest BCUT2D eigenvalue weighted by atomic mass is 16.5. The molecule has 1 aromatic carbocycles. The Morgan fingerprint density at radius 2 is 2.06 bits per heavy atom. The van der Waals surface area contributed by atoms with Gasteiger partial charge in [0, 0.05) is 55.2 Å². The number of likely N-dealkylation sites (tertiary alicyclic amines) is 1. The van der Waals surface area contributed by atoms with Crippen molar-refractivity contribution < 1.29 is 14.4 Å². The average molecular weight is 422 g/mol. The van der Waals surface area contributed by atoms with Crippen molar-refractivity contribution in [3.63, 3.8) is 0 Å². The Balaban J connectivity index is 1.19. The van der Waals surface area contributed by atoms with E-state index in [0.29, 0.717) is 29.7 Å². The van der Waals surface area contributed by atoms with Gasteiger partial charge in [-0.05, 0) is 29.3 Å². The smallest absolute Gasteiger partial charge is 0.254 e. The molecule has 162 valence electrons. The van der Waals surface area contributed by atoms with Crippen LogP contribution in [0.4, 0.5) is 5.82 Å². The van der Waals surface area contributed by atoms with Gasteiger partial charge < -0.3 is 19.7 Å². The quantitative estimate of drug-likeness (QED) is 0.601. The molecule has 2 N–H and O–H groups in total. The summed E-state index contributed by atoms with van der Waals surface area (Å²) in [4.78, 5) is 2.37. The zero-order chi connectivity index (χ0) is 21.4. The van der Waals surface area contributed by atoms with Crippen LogP contribution in [0.25, 0.3) is 11.3 Å². The van der Waals surface area contributed by atoms with E-state index in [-0.39, 0.29) is 11.2 Å². The summed E-state index contributed by atoms with van der Waals surface area (Å²) in [7, 11) is 0. The van der Waals surface area contributed by atoms with E-state index >= 15 is 0 Å². The van der Waals surface area contributed by atoms with Gasteiger partial charge in [0.1, 0.15) is 18.1 Å². The second-order valence-electron chi connectivity index (χ2n) is 8.93. The van der Waals surface area contributed by atoms with Gasteiger partial charge >= 0.3 is 0 Å². The molecule has 0 saturated carbocycles. The van der Waals surface area contributed by atoms with Crippen LogP contribution in [-0.4, -0.2) is 58.1 Å². The molecule has 0 atom stereocenters.